The van der Waals surface area contributed by atoms with Crippen LogP contribution in [0.25, 0.3) is 0 Å². The van der Waals surface area contributed by atoms with Gasteiger partial charge in [0.05, 0.1) is 16.9 Å². The van der Waals surface area contributed by atoms with Gasteiger partial charge in [-0.3, -0.25) is 4.99 Å². The van der Waals surface area contributed by atoms with E-state index in [4.69, 9.17) is 5.11 Å². The molecule has 1 aromatic carbocycles. The molecule has 0 bridgehead atoms. The molecule has 4 nitrogen and oxygen atoms in total. The lowest BCUT2D eigenvalue weighted by molar-refractivity contribution is 0.0678. The minimum atomic E-state index is -0.948. The van der Waals surface area contributed by atoms with Gasteiger partial charge < -0.3 is 10.2 Å². The Balaban J connectivity index is 2.46. The molecule has 0 atom stereocenters. The number of hydrogen-bond acceptors (Lipinski definition) is 3. The molecule has 1 rings (SSSR count). The highest BCUT2D eigenvalue weighted by atomic mass is 16.4. The number of benzene rings is 1. The highest BCUT2D eigenvalue weighted by Crippen LogP contribution is 2.23. The van der Waals surface area contributed by atoms with Gasteiger partial charge >= 0.3 is 5.97 Å². The topological polar surface area (TPSA) is 69.9 Å². The zero-order valence-electron chi connectivity index (χ0n) is 13.1. The number of aromatic carboxylic acids is 1. The molecule has 116 valence electrons. The molecule has 0 aliphatic heterocycles. The lowest BCUT2D eigenvalue weighted by atomic mass is 10.0. The van der Waals surface area contributed by atoms with E-state index in [0.29, 0.717) is 5.69 Å². The highest BCUT2D eigenvalue weighted by Gasteiger charge is 2.11. The number of nitrogens with zero attached hydrogens (tertiary/aromatic N) is 1. The van der Waals surface area contributed by atoms with Crippen LogP contribution in [0.3, 0.4) is 0 Å². The van der Waals surface area contributed by atoms with Crippen molar-refractivity contribution in [3.8, 4) is 0 Å². The van der Waals surface area contributed by atoms with E-state index in [9.17, 15) is 9.90 Å². The third-order valence-electron chi connectivity index (χ3n) is 3.31. The van der Waals surface area contributed by atoms with Crippen LogP contribution in [0.4, 0.5) is 5.69 Å². The molecule has 0 aliphatic rings. The van der Waals surface area contributed by atoms with Crippen molar-refractivity contribution in [2.45, 2.75) is 58.5 Å². The zero-order valence-corrected chi connectivity index (χ0v) is 13.1. The van der Waals surface area contributed by atoms with Gasteiger partial charge in [-0.2, -0.15) is 0 Å². The molecule has 0 saturated heterocycles. The summed E-state index contributed by atoms with van der Waals surface area (Å²) in [5, 5.41) is 18.7. The van der Waals surface area contributed by atoms with E-state index in [1.165, 1.54) is 0 Å². The van der Waals surface area contributed by atoms with Crippen molar-refractivity contribution < 1.29 is 15.0 Å². The first kappa shape index (κ1) is 17.4. The third kappa shape index (κ3) is 6.54. The molecule has 0 spiro atoms. The Morgan fingerprint density at radius 3 is 2.62 bits per heavy atom. The molecule has 0 aromatic heterocycles. The van der Waals surface area contributed by atoms with Crippen LogP contribution in [-0.4, -0.2) is 28.0 Å². The van der Waals surface area contributed by atoms with Gasteiger partial charge in [0, 0.05) is 6.21 Å². The SMILES string of the molecule is Cc1cccc(C(=O)O)c1N=CCCCCCC(C)(C)O. The first-order valence-corrected chi connectivity index (χ1v) is 7.39. The fourth-order valence-electron chi connectivity index (χ4n) is 2.13. The van der Waals surface area contributed by atoms with Gasteiger partial charge in [0.25, 0.3) is 0 Å². The summed E-state index contributed by atoms with van der Waals surface area (Å²) in [5.74, 6) is -0.948. The van der Waals surface area contributed by atoms with Crippen molar-refractivity contribution >= 4 is 17.9 Å². The number of rotatable bonds is 8. The first-order valence-electron chi connectivity index (χ1n) is 7.39. The van der Waals surface area contributed by atoms with Crippen LogP contribution in [0.2, 0.25) is 0 Å². The summed E-state index contributed by atoms with van der Waals surface area (Å²) in [7, 11) is 0. The molecule has 0 saturated carbocycles. The third-order valence-corrected chi connectivity index (χ3v) is 3.31. The summed E-state index contributed by atoms with van der Waals surface area (Å²) in [5.41, 5.74) is 1.06. The molecule has 21 heavy (non-hydrogen) atoms. The van der Waals surface area contributed by atoms with E-state index >= 15 is 0 Å². The Hall–Kier alpha value is -1.68. The van der Waals surface area contributed by atoms with Crippen molar-refractivity contribution in [3.05, 3.63) is 29.3 Å². The maximum absolute atomic E-state index is 11.1. The van der Waals surface area contributed by atoms with Gasteiger partial charge in [-0.05, 0) is 51.7 Å². The minimum Gasteiger partial charge on any atom is -0.478 e. The Bertz CT molecular complexity index is 501. The van der Waals surface area contributed by atoms with Crippen LogP contribution in [0.1, 0.15) is 61.9 Å². The van der Waals surface area contributed by atoms with Crippen molar-refractivity contribution in [1.82, 2.24) is 0 Å². The molecule has 0 fully saturated rings. The van der Waals surface area contributed by atoms with Crippen LogP contribution in [-0.2, 0) is 0 Å². The van der Waals surface area contributed by atoms with Crippen LogP contribution >= 0.6 is 0 Å². The number of aryl methyl sites for hydroxylation is 1. The average Bonchev–Trinajstić information content (AvgIpc) is 2.37. The van der Waals surface area contributed by atoms with Crippen molar-refractivity contribution in [2.24, 2.45) is 4.99 Å². The average molecular weight is 291 g/mol. The molecular formula is C17H25NO3. The Kier molecular flexibility index (Phi) is 6.56. The predicted molar refractivity (Wildman–Crippen MR) is 85.7 cm³/mol. The summed E-state index contributed by atoms with van der Waals surface area (Å²) < 4.78 is 0. The second kappa shape index (κ2) is 7.93. The molecule has 0 radical (unpaired) electrons. The smallest absolute Gasteiger partial charge is 0.337 e. The van der Waals surface area contributed by atoms with Gasteiger partial charge in [0.2, 0.25) is 0 Å². The van der Waals surface area contributed by atoms with Gasteiger partial charge in [-0.25, -0.2) is 4.79 Å². The van der Waals surface area contributed by atoms with Crippen LogP contribution in [0.15, 0.2) is 23.2 Å². The summed E-state index contributed by atoms with van der Waals surface area (Å²) in [4.78, 5) is 15.5. The van der Waals surface area contributed by atoms with Crippen molar-refractivity contribution in [2.75, 3.05) is 0 Å². The van der Waals surface area contributed by atoms with Crippen molar-refractivity contribution in [1.29, 1.82) is 0 Å². The lowest BCUT2D eigenvalue weighted by Gasteiger charge is -2.15. The Labute approximate surface area is 126 Å². The minimum absolute atomic E-state index is 0.244. The molecule has 1 aromatic rings. The van der Waals surface area contributed by atoms with Gasteiger partial charge in [-0.15, -0.1) is 0 Å². The molecule has 0 unspecified atom stereocenters. The Morgan fingerprint density at radius 2 is 2.00 bits per heavy atom. The number of hydrogen-bond donors (Lipinski definition) is 2. The predicted octanol–water partition coefficient (Wildman–Crippen LogP) is 4.12. The normalized spacial score (nSPS) is 12.0. The van der Waals surface area contributed by atoms with Gasteiger partial charge in [0.15, 0.2) is 0 Å². The summed E-state index contributed by atoms with van der Waals surface area (Å²) in [6, 6.07) is 5.17. The van der Waals surface area contributed by atoms with Crippen molar-refractivity contribution in [3.63, 3.8) is 0 Å². The van der Waals surface area contributed by atoms with Crippen LogP contribution < -0.4 is 0 Å². The second-order valence-corrected chi connectivity index (χ2v) is 6.00. The summed E-state index contributed by atoms with van der Waals surface area (Å²) in [6.45, 7) is 5.50. The van der Waals surface area contributed by atoms with Crippen LogP contribution in [0.5, 0.6) is 0 Å². The van der Waals surface area contributed by atoms with E-state index < -0.39 is 11.6 Å². The number of para-hydroxylation sites is 1. The van der Waals surface area contributed by atoms with Gasteiger partial charge in [0.1, 0.15) is 0 Å². The summed E-state index contributed by atoms with van der Waals surface area (Å²) in [6.07, 6.45) is 6.43. The van der Waals surface area contributed by atoms with E-state index in [1.807, 2.05) is 26.8 Å². The molecule has 0 aliphatic carbocycles. The number of aliphatic hydroxyl groups is 1. The maximum Gasteiger partial charge on any atom is 0.337 e. The molecule has 2 N–H and O–H groups in total. The number of carboxylic acid groups (broad SMARTS) is 1. The molecule has 0 amide bonds. The molecule has 0 heterocycles. The largest absolute Gasteiger partial charge is 0.478 e. The van der Waals surface area contributed by atoms with E-state index in [0.717, 1.165) is 37.7 Å². The highest BCUT2D eigenvalue weighted by molar-refractivity contribution is 5.94. The van der Waals surface area contributed by atoms with Crippen LogP contribution in [0, 0.1) is 6.92 Å². The molecular weight excluding hydrogens is 266 g/mol. The number of aliphatic imine (C=N–C) groups is 1. The summed E-state index contributed by atoms with van der Waals surface area (Å²) >= 11 is 0. The lowest BCUT2D eigenvalue weighted by Crippen LogP contribution is -2.17. The maximum atomic E-state index is 11.1. The van der Waals surface area contributed by atoms with E-state index in [1.54, 1.807) is 18.3 Å². The van der Waals surface area contributed by atoms with Gasteiger partial charge in [-0.1, -0.05) is 25.0 Å². The monoisotopic (exact) mass is 291 g/mol. The Morgan fingerprint density at radius 1 is 1.29 bits per heavy atom. The number of carboxylic acids is 1. The zero-order chi connectivity index (χ0) is 15.9. The van der Waals surface area contributed by atoms with E-state index in [-0.39, 0.29) is 5.56 Å². The number of unbranched alkanes of at least 4 members (excludes halogenated alkanes) is 3. The molecule has 4 heteroatoms. The quantitative estimate of drug-likeness (QED) is 0.559. The number of carbonyl (C=O) groups is 1. The van der Waals surface area contributed by atoms with E-state index in [2.05, 4.69) is 4.99 Å². The fourth-order valence-corrected chi connectivity index (χ4v) is 2.13. The standard InChI is InChI=1S/C17H25NO3/c1-13-9-8-10-14(16(19)20)15(13)18-12-7-5-4-6-11-17(2,3)21/h8-10,12,21H,4-7,11H2,1-3H3,(H,19,20). The fraction of sp³-hybridized carbons (Fsp3) is 0.529. The second-order valence-electron chi connectivity index (χ2n) is 6.00. The first-order chi connectivity index (χ1) is 9.81.